The molecule has 10 nitrogen and oxygen atoms in total. The van der Waals surface area contributed by atoms with Gasteiger partial charge in [-0.1, -0.05) is 25.2 Å². The molecule has 0 saturated carbocycles. The summed E-state index contributed by atoms with van der Waals surface area (Å²) in [5.74, 6) is -2.79. The predicted molar refractivity (Wildman–Crippen MR) is 136 cm³/mol. The molecule has 12 heteroatoms. The molecule has 1 aliphatic heterocycles. The Morgan fingerprint density at radius 1 is 1.14 bits per heavy atom. The number of thiazole rings is 1. The maximum atomic E-state index is 12.7. The van der Waals surface area contributed by atoms with Gasteiger partial charge in [-0.25, -0.2) is 13.2 Å². The summed E-state index contributed by atoms with van der Waals surface area (Å²) >= 11 is 1.16. The van der Waals surface area contributed by atoms with Crippen LogP contribution in [-0.4, -0.2) is 80.6 Å². The molecule has 2 amide bonds. The van der Waals surface area contributed by atoms with E-state index in [1.54, 1.807) is 27.7 Å². The third kappa shape index (κ3) is 7.23. The molecule has 1 aromatic heterocycles. The Bertz CT molecular complexity index is 1290. The fourth-order valence-electron chi connectivity index (χ4n) is 4.44. The number of hydrogen-bond acceptors (Lipinski definition) is 8. The van der Waals surface area contributed by atoms with Gasteiger partial charge in [-0.05, 0) is 43.4 Å². The highest BCUT2D eigenvalue weighted by molar-refractivity contribution is 7.92. The van der Waals surface area contributed by atoms with Crippen LogP contribution >= 0.6 is 11.3 Å². The molecule has 1 fully saturated rings. The lowest BCUT2D eigenvalue weighted by Crippen LogP contribution is -2.45. The van der Waals surface area contributed by atoms with Gasteiger partial charge in [0.25, 0.3) is 5.91 Å². The van der Waals surface area contributed by atoms with E-state index in [-0.39, 0.29) is 4.80 Å². The van der Waals surface area contributed by atoms with Crippen LogP contribution in [0.5, 0.6) is 0 Å². The summed E-state index contributed by atoms with van der Waals surface area (Å²) < 4.78 is 38.0. The van der Waals surface area contributed by atoms with Gasteiger partial charge in [0.05, 0.1) is 29.5 Å². The molecular formula is C24H33N3O7S2. The molecule has 0 spiro atoms. The van der Waals surface area contributed by atoms with Gasteiger partial charge in [-0.15, -0.1) is 0 Å². The van der Waals surface area contributed by atoms with Gasteiger partial charge in [0, 0.05) is 26.2 Å². The number of rotatable bonds is 9. The molecule has 1 aromatic carbocycles. The Balaban J connectivity index is 1.82. The summed E-state index contributed by atoms with van der Waals surface area (Å²) in [5.41, 5.74) is 1.08. The number of ether oxygens (including phenoxy) is 2. The predicted octanol–water partition coefficient (Wildman–Crippen LogP) is 1.87. The number of nitrogens with zero attached hydrogens (tertiary/aromatic N) is 3. The van der Waals surface area contributed by atoms with E-state index < -0.39 is 39.1 Å². The number of aromatic nitrogens is 1. The van der Waals surface area contributed by atoms with Crippen molar-refractivity contribution in [3.8, 4) is 0 Å². The van der Waals surface area contributed by atoms with Crippen LogP contribution in [0.1, 0.15) is 37.6 Å². The van der Waals surface area contributed by atoms with Crippen molar-refractivity contribution in [3.63, 3.8) is 0 Å². The maximum Gasteiger partial charge on any atom is 0.337 e. The quantitative estimate of drug-likeness (QED) is 0.352. The fourth-order valence-corrected chi connectivity index (χ4v) is 6.66. The van der Waals surface area contributed by atoms with Crippen LogP contribution in [-0.2, 0) is 35.4 Å². The monoisotopic (exact) mass is 539 g/mol. The molecule has 3 rings (SSSR count). The first kappa shape index (κ1) is 28.0. The summed E-state index contributed by atoms with van der Waals surface area (Å²) in [6.07, 6.45) is 0.994. The molecular weight excluding hydrogens is 506 g/mol. The van der Waals surface area contributed by atoms with Gasteiger partial charge in [0.1, 0.15) is 11.5 Å². The number of esters is 1. The fraction of sp³-hybridized carbons (Fsp3) is 0.583. The number of carbonyl (C=O) groups is 3. The molecule has 2 atom stereocenters. The Kier molecular flexibility index (Phi) is 9.42. The van der Waals surface area contributed by atoms with E-state index in [0.717, 1.165) is 23.3 Å². The second-order valence-corrected chi connectivity index (χ2v) is 12.3. The zero-order valence-corrected chi connectivity index (χ0v) is 22.7. The van der Waals surface area contributed by atoms with Gasteiger partial charge < -0.3 is 18.9 Å². The lowest BCUT2D eigenvalue weighted by molar-refractivity contribution is -0.131. The molecule has 0 aliphatic carbocycles. The normalized spacial score (nSPS) is 19.0. The van der Waals surface area contributed by atoms with Crippen molar-refractivity contribution >= 4 is 49.2 Å². The van der Waals surface area contributed by atoms with E-state index in [0.29, 0.717) is 54.9 Å². The minimum absolute atomic E-state index is 0.289. The van der Waals surface area contributed by atoms with Gasteiger partial charge in [-0.2, -0.15) is 4.99 Å². The third-order valence-electron chi connectivity index (χ3n) is 5.90. The smallest absolute Gasteiger partial charge is 0.337 e. The average molecular weight is 540 g/mol. The van der Waals surface area contributed by atoms with E-state index in [2.05, 4.69) is 4.99 Å². The Morgan fingerprint density at radius 3 is 2.47 bits per heavy atom. The van der Waals surface area contributed by atoms with Crippen molar-refractivity contribution in [1.82, 2.24) is 9.47 Å². The molecule has 0 N–H and O–H groups in total. The highest BCUT2D eigenvalue weighted by Crippen LogP contribution is 2.22. The summed E-state index contributed by atoms with van der Waals surface area (Å²) in [6, 6.07) is 4.98. The number of fused-ring (bicyclic) bond motifs is 1. The van der Waals surface area contributed by atoms with Gasteiger partial charge in [-0.3, -0.25) is 9.59 Å². The number of benzene rings is 1. The summed E-state index contributed by atoms with van der Waals surface area (Å²) in [6.45, 7) is 8.24. The molecule has 1 saturated heterocycles. The van der Waals surface area contributed by atoms with Crippen LogP contribution in [0.3, 0.4) is 0 Å². The van der Waals surface area contributed by atoms with Crippen LogP contribution in [0, 0.1) is 11.8 Å². The van der Waals surface area contributed by atoms with E-state index in [1.165, 1.54) is 7.11 Å². The second kappa shape index (κ2) is 12.1. The third-order valence-corrected chi connectivity index (χ3v) is 8.31. The summed E-state index contributed by atoms with van der Waals surface area (Å²) in [5, 5.41) is 0. The average Bonchev–Trinajstić information content (AvgIpc) is 3.13. The number of hydrogen-bond donors (Lipinski definition) is 0. The van der Waals surface area contributed by atoms with Crippen molar-refractivity contribution in [3.05, 3.63) is 28.6 Å². The van der Waals surface area contributed by atoms with E-state index in [1.807, 2.05) is 20.8 Å². The topological polar surface area (TPSA) is 124 Å². The number of piperidine rings is 1. The second-order valence-electron chi connectivity index (χ2n) is 9.19. The lowest BCUT2D eigenvalue weighted by Gasteiger charge is -2.34. The first-order valence-corrected chi connectivity index (χ1v) is 14.5. The van der Waals surface area contributed by atoms with Gasteiger partial charge in [0.15, 0.2) is 14.6 Å². The maximum absolute atomic E-state index is 12.7. The van der Waals surface area contributed by atoms with Crippen LogP contribution in [0.15, 0.2) is 23.2 Å². The number of carbonyl (C=O) groups excluding carboxylic acids is 3. The SMILES string of the molecule is CCOCCn1c(=NC(=O)CS(=O)(=O)CC(=O)N2CC(C)CC(C)C2)sc2cc(C(=O)OC)ccc21. The van der Waals surface area contributed by atoms with Gasteiger partial charge >= 0.3 is 5.97 Å². The molecule has 36 heavy (non-hydrogen) atoms. The van der Waals surface area contributed by atoms with E-state index in [9.17, 15) is 22.8 Å². The molecule has 0 radical (unpaired) electrons. The minimum atomic E-state index is -3.99. The Hall–Kier alpha value is -2.57. The van der Waals surface area contributed by atoms with Crippen LogP contribution < -0.4 is 4.80 Å². The molecule has 1 aliphatic rings. The molecule has 2 heterocycles. The van der Waals surface area contributed by atoms with Crippen molar-refractivity contribution in [1.29, 1.82) is 0 Å². The van der Waals surface area contributed by atoms with Crippen molar-refractivity contribution in [2.75, 3.05) is 44.9 Å². The molecule has 0 bridgehead atoms. The number of amides is 2. The zero-order valence-electron chi connectivity index (χ0n) is 21.1. The van der Waals surface area contributed by atoms with Crippen molar-refractivity contribution in [2.45, 2.75) is 33.7 Å². The number of sulfone groups is 1. The highest BCUT2D eigenvalue weighted by Gasteiger charge is 2.29. The molecule has 198 valence electrons. The lowest BCUT2D eigenvalue weighted by atomic mass is 9.92. The summed E-state index contributed by atoms with van der Waals surface area (Å²) in [7, 11) is -2.70. The first-order valence-electron chi connectivity index (χ1n) is 11.9. The van der Waals surface area contributed by atoms with Crippen molar-refractivity contribution < 1.29 is 32.3 Å². The molecule has 2 aromatic rings. The Morgan fingerprint density at radius 2 is 1.83 bits per heavy atom. The van der Waals surface area contributed by atoms with Crippen LogP contribution in [0.25, 0.3) is 10.2 Å². The van der Waals surface area contributed by atoms with Gasteiger partial charge in [0.2, 0.25) is 5.91 Å². The van der Waals surface area contributed by atoms with Crippen LogP contribution in [0.4, 0.5) is 0 Å². The minimum Gasteiger partial charge on any atom is -0.465 e. The van der Waals surface area contributed by atoms with E-state index >= 15 is 0 Å². The largest absolute Gasteiger partial charge is 0.465 e. The standard InChI is InChI=1S/C24H33N3O7S2/c1-5-34-9-8-27-19-7-6-18(23(30)33-4)11-20(19)35-24(27)25-21(28)14-36(31,32)15-22(29)26-12-16(2)10-17(3)13-26/h6-7,11,16-17H,5,8-10,12-15H2,1-4H3. The van der Waals surface area contributed by atoms with Crippen LogP contribution in [0.2, 0.25) is 0 Å². The number of methoxy groups -OCH3 is 1. The number of likely N-dealkylation sites (tertiary alicyclic amines) is 1. The zero-order chi connectivity index (χ0) is 26.5. The summed E-state index contributed by atoms with van der Waals surface area (Å²) in [4.78, 5) is 43.2. The van der Waals surface area contributed by atoms with E-state index in [4.69, 9.17) is 9.47 Å². The molecule has 2 unspecified atom stereocenters. The first-order chi connectivity index (χ1) is 17.0. The Labute approximate surface area is 214 Å². The highest BCUT2D eigenvalue weighted by atomic mass is 32.2. The van der Waals surface area contributed by atoms with Crippen molar-refractivity contribution in [2.24, 2.45) is 16.8 Å².